The summed E-state index contributed by atoms with van der Waals surface area (Å²) in [5.74, 6) is 1.01. The van der Waals surface area contributed by atoms with E-state index in [1.165, 1.54) is 36.9 Å². The molecule has 1 aliphatic heterocycles. The second kappa shape index (κ2) is 6.62. The Morgan fingerprint density at radius 3 is 3.05 bits per heavy atom. The van der Waals surface area contributed by atoms with Crippen LogP contribution in [0.25, 0.3) is 0 Å². The predicted molar refractivity (Wildman–Crippen MR) is 81.8 cm³/mol. The number of hydrogen-bond donors (Lipinski definition) is 2. The highest BCUT2D eigenvalue weighted by Crippen LogP contribution is 2.25. The van der Waals surface area contributed by atoms with Gasteiger partial charge in [-0.15, -0.1) is 0 Å². The molecule has 0 amide bonds. The molecule has 1 aromatic heterocycles. The summed E-state index contributed by atoms with van der Waals surface area (Å²) in [6, 6.07) is 13.2. The first-order valence-corrected chi connectivity index (χ1v) is 7.49. The lowest BCUT2D eigenvalue weighted by Crippen LogP contribution is -2.26. The molecule has 0 bridgehead atoms. The van der Waals surface area contributed by atoms with Crippen LogP contribution in [0.1, 0.15) is 30.6 Å². The van der Waals surface area contributed by atoms with E-state index < -0.39 is 0 Å². The fourth-order valence-electron chi connectivity index (χ4n) is 2.82. The monoisotopic (exact) mass is 270 g/mol. The van der Waals surface area contributed by atoms with E-state index >= 15 is 0 Å². The average Bonchev–Trinajstić information content (AvgIpc) is 3.00. The number of benzene rings is 1. The summed E-state index contributed by atoms with van der Waals surface area (Å²) < 4.78 is 5.29. The normalized spacial score (nSPS) is 17.5. The first-order valence-electron chi connectivity index (χ1n) is 7.49. The number of fused-ring (bicyclic) bond motifs is 1. The van der Waals surface area contributed by atoms with Gasteiger partial charge < -0.3 is 15.1 Å². The Kier molecular flexibility index (Phi) is 4.38. The number of rotatable bonds is 6. The molecule has 2 heterocycles. The minimum atomic E-state index is 0.621. The summed E-state index contributed by atoms with van der Waals surface area (Å²) in [7, 11) is 0. The van der Waals surface area contributed by atoms with Gasteiger partial charge in [0.05, 0.1) is 12.8 Å². The van der Waals surface area contributed by atoms with Crippen molar-refractivity contribution in [2.45, 2.75) is 38.3 Å². The van der Waals surface area contributed by atoms with Gasteiger partial charge in [-0.2, -0.15) is 0 Å². The van der Waals surface area contributed by atoms with Crippen molar-refractivity contribution in [2.75, 3.05) is 11.9 Å². The minimum Gasteiger partial charge on any atom is -0.468 e. The van der Waals surface area contributed by atoms with Crippen molar-refractivity contribution >= 4 is 5.69 Å². The third-order valence-electron chi connectivity index (χ3n) is 3.92. The topological polar surface area (TPSA) is 37.2 Å². The van der Waals surface area contributed by atoms with Crippen LogP contribution in [-0.2, 0) is 13.0 Å². The number of furan rings is 1. The van der Waals surface area contributed by atoms with Crippen LogP contribution in [0.4, 0.5) is 5.69 Å². The van der Waals surface area contributed by atoms with Crippen molar-refractivity contribution in [2.24, 2.45) is 0 Å². The SMILES string of the molecule is c1coc(CNCCCC2CCc3ccccc3N2)c1. The van der Waals surface area contributed by atoms with Gasteiger partial charge in [-0.05, 0) is 56.0 Å². The van der Waals surface area contributed by atoms with Gasteiger partial charge in [-0.25, -0.2) is 0 Å². The lowest BCUT2D eigenvalue weighted by Gasteiger charge is -2.27. The molecule has 0 aliphatic carbocycles. The lowest BCUT2D eigenvalue weighted by molar-refractivity contribution is 0.472. The quantitative estimate of drug-likeness (QED) is 0.788. The zero-order chi connectivity index (χ0) is 13.6. The maximum absolute atomic E-state index is 5.29. The summed E-state index contributed by atoms with van der Waals surface area (Å²) in [5.41, 5.74) is 2.78. The minimum absolute atomic E-state index is 0.621. The van der Waals surface area contributed by atoms with Gasteiger partial charge in [-0.3, -0.25) is 0 Å². The van der Waals surface area contributed by atoms with Gasteiger partial charge in [0.2, 0.25) is 0 Å². The number of aryl methyl sites for hydroxylation is 1. The Bertz CT molecular complexity index is 522. The maximum atomic E-state index is 5.29. The van der Waals surface area contributed by atoms with Crippen molar-refractivity contribution < 1.29 is 4.42 Å². The third kappa shape index (κ3) is 3.42. The van der Waals surface area contributed by atoms with Crippen LogP contribution >= 0.6 is 0 Å². The Labute approximate surface area is 120 Å². The average molecular weight is 270 g/mol. The van der Waals surface area contributed by atoms with Crippen LogP contribution in [0, 0.1) is 0 Å². The van der Waals surface area contributed by atoms with Gasteiger partial charge in [0, 0.05) is 11.7 Å². The number of nitrogens with one attached hydrogen (secondary N) is 2. The molecular formula is C17H22N2O. The van der Waals surface area contributed by atoms with Gasteiger partial charge in [0.25, 0.3) is 0 Å². The Morgan fingerprint density at radius 1 is 1.20 bits per heavy atom. The third-order valence-corrected chi connectivity index (χ3v) is 3.92. The smallest absolute Gasteiger partial charge is 0.117 e. The van der Waals surface area contributed by atoms with Crippen molar-refractivity contribution in [3.05, 3.63) is 54.0 Å². The number of hydrogen-bond acceptors (Lipinski definition) is 3. The summed E-state index contributed by atoms with van der Waals surface area (Å²) in [6.07, 6.45) is 6.59. The standard InChI is InChI=1S/C17H22N2O/c1-2-8-17-14(5-1)9-10-15(19-17)6-3-11-18-13-16-7-4-12-20-16/h1-2,4-5,7-8,12,15,18-19H,3,6,9-11,13H2. The van der Waals surface area contributed by atoms with Crippen molar-refractivity contribution in [3.8, 4) is 0 Å². The number of para-hydroxylation sites is 1. The summed E-state index contributed by atoms with van der Waals surface area (Å²) in [6.45, 7) is 1.87. The fraction of sp³-hybridized carbons (Fsp3) is 0.412. The van der Waals surface area contributed by atoms with Crippen molar-refractivity contribution in [1.29, 1.82) is 0 Å². The van der Waals surface area contributed by atoms with E-state index in [4.69, 9.17) is 4.42 Å². The molecular weight excluding hydrogens is 248 g/mol. The second-order valence-corrected chi connectivity index (χ2v) is 5.44. The molecule has 0 spiro atoms. The van der Waals surface area contributed by atoms with E-state index in [0.29, 0.717) is 6.04 Å². The molecule has 1 aromatic carbocycles. The first-order chi connectivity index (χ1) is 9.92. The molecule has 0 saturated heterocycles. The molecule has 1 unspecified atom stereocenters. The van der Waals surface area contributed by atoms with E-state index in [1.807, 2.05) is 12.1 Å². The second-order valence-electron chi connectivity index (χ2n) is 5.44. The fourth-order valence-corrected chi connectivity index (χ4v) is 2.82. The molecule has 1 aliphatic rings. The molecule has 2 N–H and O–H groups in total. The molecule has 1 atom stereocenters. The Hall–Kier alpha value is -1.74. The molecule has 20 heavy (non-hydrogen) atoms. The zero-order valence-electron chi connectivity index (χ0n) is 11.8. The van der Waals surface area contributed by atoms with Crippen LogP contribution < -0.4 is 10.6 Å². The van der Waals surface area contributed by atoms with E-state index in [9.17, 15) is 0 Å². The van der Waals surface area contributed by atoms with E-state index in [2.05, 4.69) is 34.9 Å². The molecule has 3 heteroatoms. The highest BCUT2D eigenvalue weighted by Gasteiger charge is 2.16. The summed E-state index contributed by atoms with van der Waals surface area (Å²) in [5, 5.41) is 7.08. The maximum Gasteiger partial charge on any atom is 0.117 e. The van der Waals surface area contributed by atoms with Gasteiger partial charge in [0.1, 0.15) is 5.76 Å². The van der Waals surface area contributed by atoms with E-state index in [-0.39, 0.29) is 0 Å². The van der Waals surface area contributed by atoms with Gasteiger partial charge in [-0.1, -0.05) is 18.2 Å². The summed E-state index contributed by atoms with van der Waals surface area (Å²) >= 11 is 0. The van der Waals surface area contributed by atoms with Gasteiger partial charge in [0.15, 0.2) is 0 Å². The largest absolute Gasteiger partial charge is 0.468 e. The van der Waals surface area contributed by atoms with Crippen molar-refractivity contribution in [1.82, 2.24) is 5.32 Å². The van der Waals surface area contributed by atoms with Crippen LogP contribution in [0.3, 0.4) is 0 Å². The van der Waals surface area contributed by atoms with Crippen LogP contribution in [0.5, 0.6) is 0 Å². The van der Waals surface area contributed by atoms with Gasteiger partial charge >= 0.3 is 0 Å². The summed E-state index contributed by atoms with van der Waals surface area (Å²) in [4.78, 5) is 0. The molecule has 2 aromatic rings. The van der Waals surface area contributed by atoms with Crippen molar-refractivity contribution in [3.63, 3.8) is 0 Å². The highest BCUT2D eigenvalue weighted by molar-refractivity contribution is 5.53. The van der Waals surface area contributed by atoms with E-state index in [1.54, 1.807) is 6.26 Å². The molecule has 3 nitrogen and oxygen atoms in total. The van der Waals surface area contributed by atoms with Crippen LogP contribution in [-0.4, -0.2) is 12.6 Å². The molecule has 0 fully saturated rings. The first kappa shape index (κ1) is 13.3. The van der Waals surface area contributed by atoms with Crippen LogP contribution in [0.2, 0.25) is 0 Å². The van der Waals surface area contributed by atoms with Crippen LogP contribution in [0.15, 0.2) is 47.1 Å². The van der Waals surface area contributed by atoms with E-state index in [0.717, 1.165) is 18.8 Å². The predicted octanol–water partition coefficient (Wildman–Crippen LogP) is 3.58. The molecule has 106 valence electrons. The highest BCUT2D eigenvalue weighted by atomic mass is 16.3. The molecule has 0 saturated carbocycles. The lowest BCUT2D eigenvalue weighted by atomic mass is 9.95. The zero-order valence-corrected chi connectivity index (χ0v) is 11.8. The Morgan fingerprint density at radius 2 is 2.15 bits per heavy atom. The molecule has 3 rings (SSSR count). The Balaban J connectivity index is 1.36. The number of anilines is 1. The molecule has 0 radical (unpaired) electrons.